The molecule has 3 unspecified atom stereocenters. The first-order chi connectivity index (χ1) is 48.4. The number of rotatable bonds is 80. The highest BCUT2D eigenvalue weighted by atomic mass is 31.2. The fraction of sp³-hybridized carbons (Fsp3) is 0.951. The minimum Gasteiger partial charge on any atom is -0.462 e. The van der Waals surface area contributed by atoms with Gasteiger partial charge in [-0.3, -0.25) is 37.3 Å². The highest BCUT2D eigenvalue weighted by Gasteiger charge is 2.30. The average Bonchev–Trinajstić information content (AvgIpc) is 0.922. The van der Waals surface area contributed by atoms with Gasteiger partial charge in [0.25, 0.3) is 0 Å². The molecular formula is C81H158O17P2. The lowest BCUT2D eigenvalue weighted by atomic mass is 9.99. The molecule has 100 heavy (non-hydrogen) atoms. The van der Waals surface area contributed by atoms with Crippen LogP contribution in [0.15, 0.2) is 0 Å². The highest BCUT2D eigenvalue weighted by Crippen LogP contribution is 2.45. The molecule has 19 heteroatoms. The van der Waals surface area contributed by atoms with Crippen molar-refractivity contribution >= 4 is 39.5 Å². The maximum absolute atomic E-state index is 13.1. The van der Waals surface area contributed by atoms with Crippen LogP contribution in [-0.4, -0.2) is 96.7 Å². The van der Waals surface area contributed by atoms with E-state index in [-0.39, 0.29) is 25.7 Å². The SMILES string of the molecule is CCCCCCCCCCCCCCCCCCCCCC(=O)O[C@H](COC(=O)CCCCCCCCCCCCCC(C)C)COP(=O)(O)OC[C@@H](O)COP(=O)(O)OC[C@@H](COC(=O)CCCCCCCCCCCCCCC)OC(=O)CCCCCCCCCCCCC(C)CC. The van der Waals surface area contributed by atoms with Crippen LogP contribution in [0.3, 0.4) is 0 Å². The number of phosphoric acid groups is 2. The van der Waals surface area contributed by atoms with Gasteiger partial charge in [-0.15, -0.1) is 0 Å². The second-order valence-electron chi connectivity index (χ2n) is 29.9. The van der Waals surface area contributed by atoms with Crippen molar-refractivity contribution in [2.24, 2.45) is 11.8 Å². The Bertz CT molecular complexity index is 1930. The summed E-state index contributed by atoms with van der Waals surface area (Å²) >= 11 is 0. The largest absolute Gasteiger partial charge is 0.472 e. The van der Waals surface area contributed by atoms with Crippen LogP contribution in [0.4, 0.5) is 0 Å². The van der Waals surface area contributed by atoms with Gasteiger partial charge >= 0.3 is 39.5 Å². The first kappa shape index (κ1) is 98.1. The van der Waals surface area contributed by atoms with E-state index in [1.54, 1.807) is 0 Å². The van der Waals surface area contributed by atoms with Crippen LogP contribution < -0.4 is 0 Å². The lowest BCUT2D eigenvalue weighted by Crippen LogP contribution is -2.30. The number of aliphatic hydroxyl groups is 1. The van der Waals surface area contributed by atoms with Gasteiger partial charge in [0.1, 0.15) is 19.3 Å². The molecule has 6 atom stereocenters. The van der Waals surface area contributed by atoms with E-state index in [1.165, 1.54) is 244 Å². The Morgan fingerprint density at radius 1 is 0.290 bits per heavy atom. The van der Waals surface area contributed by atoms with Gasteiger partial charge in [-0.2, -0.15) is 0 Å². The van der Waals surface area contributed by atoms with E-state index >= 15 is 0 Å². The quantitative estimate of drug-likeness (QED) is 0.0222. The third kappa shape index (κ3) is 73.0. The normalized spacial score (nSPS) is 14.2. The summed E-state index contributed by atoms with van der Waals surface area (Å²) in [6, 6.07) is 0. The number of esters is 4. The Morgan fingerprint density at radius 2 is 0.510 bits per heavy atom. The van der Waals surface area contributed by atoms with E-state index in [1.807, 2.05) is 0 Å². The molecule has 0 aliphatic carbocycles. The lowest BCUT2D eigenvalue weighted by molar-refractivity contribution is -0.161. The fourth-order valence-electron chi connectivity index (χ4n) is 12.5. The van der Waals surface area contributed by atoms with Crippen LogP contribution in [-0.2, 0) is 65.4 Å². The van der Waals surface area contributed by atoms with Crippen molar-refractivity contribution in [2.45, 2.75) is 445 Å². The Labute approximate surface area is 613 Å². The van der Waals surface area contributed by atoms with E-state index < -0.39 is 97.5 Å². The summed E-state index contributed by atoms with van der Waals surface area (Å²) in [5.74, 6) is -0.533. The number of carbonyl (C=O) groups is 4. The Morgan fingerprint density at radius 3 is 0.760 bits per heavy atom. The van der Waals surface area contributed by atoms with Crippen LogP contribution in [0.1, 0.15) is 427 Å². The number of ether oxygens (including phenoxy) is 4. The van der Waals surface area contributed by atoms with Gasteiger partial charge in [0, 0.05) is 25.7 Å². The van der Waals surface area contributed by atoms with Crippen molar-refractivity contribution in [2.75, 3.05) is 39.6 Å². The third-order valence-electron chi connectivity index (χ3n) is 19.3. The molecule has 0 amide bonds. The Kier molecular flexibility index (Phi) is 71.2. The summed E-state index contributed by atoms with van der Waals surface area (Å²) in [5.41, 5.74) is 0. The van der Waals surface area contributed by atoms with Crippen molar-refractivity contribution in [3.63, 3.8) is 0 Å². The van der Waals surface area contributed by atoms with Gasteiger partial charge in [0.15, 0.2) is 12.2 Å². The molecule has 0 heterocycles. The van der Waals surface area contributed by atoms with E-state index in [0.29, 0.717) is 25.7 Å². The predicted octanol–water partition coefficient (Wildman–Crippen LogP) is 24.3. The molecule has 594 valence electrons. The van der Waals surface area contributed by atoms with Crippen molar-refractivity contribution in [3.05, 3.63) is 0 Å². The molecule has 0 spiro atoms. The molecule has 0 aliphatic rings. The Balaban J connectivity index is 5.26. The first-order valence-corrected chi connectivity index (χ1v) is 45.0. The van der Waals surface area contributed by atoms with Crippen LogP contribution in [0.25, 0.3) is 0 Å². The highest BCUT2D eigenvalue weighted by molar-refractivity contribution is 7.47. The molecule has 0 aliphatic heterocycles. The summed E-state index contributed by atoms with van der Waals surface area (Å²) in [7, 11) is -9.92. The number of hydrogen-bond donors (Lipinski definition) is 3. The standard InChI is InChI=1S/C81H158O17P2/c1-7-10-12-14-16-18-20-22-23-24-25-26-27-29-33-41-47-53-59-65-80(85)97-76(69-92-79(84)64-58-52-46-40-34-30-31-37-43-49-55-61-73(4)5)71-95-99(87,88)93-67-75(82)68-94-100(89,90)96-72-77(70-91-78(83)63-57-51-45-39-32-28-21-19-17-15-13-11-8-2)98-81(86)66-60-54-48-42-36-35-38-44-50-56-62-74(6)9-3/h73-77,82H,7-72H2,1-6H3,(H,87,88)(H,89,90)/t74?,75-,76-,77-/m1/s1. The number of aliphatic hydroxyl groups excluding tert-OH is 1. The van der Waals surface area contributed by atoms with Crippen molar-refractivity contribution < 1.29 is 80.2 Å². The second-order valence-corrected chi connectivity index (χ2v) is 32.8. The molecule has 0 bridgehead atoms. The molecule has 0 aromatic heterocycles. The van der Waals surface area contributed by atoms with Crippen LogP contribution in [0, 0.1) is 11.8 Å². The molecule has 3 N–H and O–H groups in total. The zero-order chi connectivity index (χ0) is 73.5. The summed E-state index contributed by atoms with van der Waals surface area (Å²) < 4.78 is 68.8. The average molecular weight is 1470 g/mol. The van der Waals surface area contributed by atoms with Crippen molar-refractivity contribution in [1.29, 1.82) is 0 Å². The predicted molar refractivity (Wildman–Crippen MR) is 409 cm³/mol. The molecular weight excluding hydrogens is 1310 g/mol. The number of carbonyl (C=O) groups excluding carboxylic acids is 4. The number of hydrogen-bond acceptors (Lipinski definition) is 15. The van der Waals surface area contributed by atoms with E-state index in [9.17, 15) is 43.2 Å². The molecule has 0 rings (SSSR count). The molecule has 0 radical (unpaired) electrons. The summed E-state index contributed by atoms with van der Waals surface area (Å²) in [6.07, 6.45) is 62.3. The maximum atomic E-state index is 13.1. The summed E-state index contributed by atoms with van der Waals surface area (Å²) in [5, 5.41) is 10.6. The van der Waals surface area contributed by atoms with E-state index in [4.69, 9.17) is 37.0 Å². The van der Waals surface area contributed by atoms with Crippen LogP contribution in [0.2, 0.25) is 0 Å². The zero-order valence-electron chi connectivity index (χ0n) is 65.5. The fourth-order valence-corrected chi connectivity index (χ4v) is 14.1. The van der Waals surface area contributed by atoms with E-state index in [0.717, 1.165) is 102 Å². The molecule has 0 saturated heterocycles. The van der Waals surface area contributed by atoms with Gasteiger partial charge in [0.2, 0.25) is 0 Å². The third-order valence-corrected chi connectivity index (χ3v) is 21.2. The lowest BCUT2D eigenvalue weighted by Gasteiger charge is -2.21. The molecule has 0 aromatic rings. The smallest absolute Gasteiger partial charge is 0.462 e. The second kappa shape index (κ2) is 72.6. The topological polar surface area (TPSA) is 237 Å². The summed E-state index contributed by atoms with van der Waals surface area (Å²) in [4.78, 5) is 73.1. The zero-order valence-corrected chi connectivity index (χ0v) is 67.3. The van der Waals surface area contributed by atoms with Crippen LogP contribution >= 0.6 is 15.6 Å². The maximum Gasteiger partial charge on any atom is 0.472 e. The molecule has 17 nitrogen and oxygen atoms in total. The van der Waals surface area contributed by atoms with Gasteiger partial charge in [0.05, 0.1) is 26.4 Å². The molecule has 0 fully saturated rings. The molecule has 0 aromatic carbocycles. The van der Waals surface area contributed by atoms with Crippen LogP contribution in [0.5, 0.6) is 0 Å². The number of unbranched alkanes of at least 4 members (excludes halogenated alkanes) is 49. The van der Waals surface area contributed by atoms with Gasteiger partial charge in [-0.05, 0) is 37.5 Å². The Hall–Kier alpha value is -1.94. The molecule has 0 saturated carbocycles. The van der Waals surface area contributed by atoms with E-state index in [2.05, 4.69) is 41.5 Å². The minimum absolute atomic E-state index is 0.107. The first-order valence-electron chi connectivity index (χ1n) is 42.0. The summed E-state index contributed by atoms with van der Waals surface area (Å²) in [6.45, 7) is 9.67. The van der Waals surface area contributed by atoms with Crippen molar-refractivity contribution in [1.82, 2.24) is 0 Å². The van der Waals surface area contributed by atoms with Crippen molar-refractivity contribution in [3.8, 4) is 0 Å². The van der Waals surface area contributed by atoms with Gasteiger partial charge in [-0.25, -0.2) is 9.13 Å². The number of phosphoric ester groups is 2. The minimum atomic E-state index is -4.96. The monoisotopic (exact) mass is 1470 g/mol. The van der Waals surface area contributed by atoms with Gasteiger partial charge < -0.3 is 33.8 Å². The van der Waals surface area contributed by atoms with Gasteiger partial charge in [-0.1, -0.05) is 375 Å².